The molecule has 1 aromatic heterocycles. The highest BCUT2D eigenvalue weighted by Crippen LogP contribution is 2.29. The van der Waals surface area contributed by atoms with Gasteiger partial charge < -0.3 is 9.47 Å². The maximum Gasteiger partial charge on any atom is 0.513 e. The fourth-order valence-electron chi connectivity index (χ4n) is 3.93. The molecular weight excluding hydrogens is 376 g/mol. The van der Waals surface area contributed by atoms with Crippen molar-refractivity contribution in [1.29, 1.82) is 0 Å². The molecule has 30 heavy (non-hydrogen) atoms. The minimum atomic E-state index is -0.662. The molecule has 0 spiro atoms. The number of unbranched alkanes of at least 4 members (excludes halogenated alkanes) is 4. The lowest BCUT2D eigenvalue weighted by molar-refractivity contribution is 0.0978. The number of fused-ring (bicyclic) bond motifs is 1. The van der Waals surface area contributed by atoms with Crippen LogP contribution < -0.4 is 4.74 Å². The standard InChI is InChI=1S/C25H34N2O3/c1-3-5-7-8-9-19-10-15-23-21(17-19)18-26-24(27-23)20-11-13-22(14-12-20)30-25(28)29-16-6-4-2/h11-14,18-19H,3-10,15-17H2,1-2H3. The number of hydrogen-bond donors (Lipinski definition) is 0. The molecule has 2 aromatic rings. The molecule has 3 rings (SSSR count). The van der Waals surface area contributed by atoms with E-state index < -0.39 is 6.16 Å². The van der Waals surface area contributed by atoms with Crippen LogP contribution in [0.15, 0.2) is 30.5 Å². The minimum Gasteiger partial charge on any atom is -0.434 e. The Morgan fingerprint density at radius 2 is 1.87 bits per heavy atom. The number of rotatable bonds is 10. The summed E-state index contributed by atoms with van der Waals surface area (Å²) in [6.07, 6.45) is 13.2. The van der Waals surface area contributed by atoms with Gasteiger partial charge in [0, 0.05) is 17.5 Å². The van der Waals surface area contributed by atoms with Crippen molar-refractivity contribution in [2.24, 2.45) is 5.92 Å². The summed E-state index contributed by atoms with van der Waals surface area (Å²) in [5.74, 6) is 1.97. The number of benzene rings is 1. The highest BCUT2D eigenvalue weighted by Gasteiger charge is 2.20. The molecular formula is C25H34N2O3. The summed E-state index contributed by atoms with van der Waals surface area (Å²) < 4.78 is 10.2. The van der Waals surface area contributed by atoms with Gasteiger partial charge in [-0.3, -0.25) is 0 Å². The van der Waals surface area contributed by atoms with Gasteiger partial charge >= 0.3 is 6.16 Å². The van der Waals surface area contributed by atoms with Crippen LogP contribution in [0, 0.1) is 5.92 Å². The van der Waals surface area contributed by atoms with Gasteiger partial charge in [0.25, 0.3) is 0 Å². The van der Waals surface area contributed by atoms with Crippen LogP contribution in [-0.4, -0.2) is 22.7 Å². The van der Waals surface area contributed by atoms with E-state index >= 15 is 0 Å². The highest BCUT2D eigenvalue weighted by molar-refractivity contribution is 5.65. The molecule has 1 aliphatic rings. The lowest BCUT2D eigenvalue weighted by atomic mass is 9.84. The molecule has 162 valence electrons. The minimum absolute atomic E-state index is 0.385. The Balaban J connectivity index is 1.55. The molecule has 0 aliphatic heterocycles. The van der Waals surface area contributed by atoms with E-state index in [1.54, 1.807) is 12.1 Å². The van der Waals surface area contributed by atoms with Crippen molar-refractivity contribution in [3.8, 4) is 17.1 Å². The van der Waals surface area contributed by atoms with Crippen LogP contribution in [0.25, 0.3) is 11.4 Å². The van der Waals surface area contributed by atoms with Crippen LogP contribution in [-0.2, 0) is 17.6 Å². The average Bonchev–Trinajstić information content (AvgIpc) is 2.77. The van der Waals surface area contributed by atoms with Crippen molar-refractivity contribution in [2.45, 2.75) is 78.1 Å². The zero-order chi connectivity index (χ0) is 21.2. The molecule has 1 aromatic carbocycles. The van der Waals surface area contributed by atoms with Crippen LogP contribution in [0.5, 0.6) is 5.75 Å². The first-order valence-corrected chi connectivity index (χ1v) is 11.5. The Bertz CT molecular complexity index is 805. The SMILES string of the molecule is CCCCCCC1CCc2nc(-c3ccc(OC(=O)OCCCC)cc3)ncc2C1. The van der Waals surface area contributed by atoms with Gasteiger partial charge in [0.05, 0.1) is 6.61 Å². The number of nitrogens with zero attached hydrogens (tertiary/aromatic N) is 2. The number of carbonyl (C=O) groups is 1. The third kappa shape index (κ3) is 6.54. The Labute approximate surface area is 180 Å². The third-order valence-electron chi connectivity index (χ3n) is 5.75. The smallest absolute Gasteiger partial charge is 0.434 e. The van der Waals surface area contributed by atoms with E-state index in [9.17, 15) is 4.79 Å². The summed E-state index contributed by atoms with van der Waals surface area (Å²) in [6.45, 7) is 4.69. The van der Waals surface area contributed by atoms with Crippen LogP contribution in [0.4, 0.5) is 4.79 Å². The number of hydrogen-bond acceptors (Lipinski definition) is 5. The zero-order valence-corrected chi connectivity index (χ0v) is 18.4. The Hall–Kier alpha value is -2.43. The van der Waals surface area contributed by atoms with Gasteiger partial charge in [0.1, 0.15) is 5.75 Å². The lowest BCUT2D eigenvalue weighted by Gasteiger charge is -2.24. The van der Waals surface area contributed by atoms with E-state index in [-0.39, 0.29) is 0 Å². The monoisotopic (exact) mass is 410 g/mol. The molecule has 0 amide bonds. The second-order valence-corrected chi connectivity index (χ2v) is 8.20. The summed E-state index contributed by atoms with van der Waals surface area (Å²) >= 11 is 0. The molecule has 1 unspecified atom stereocenters. The van der Waals surface area contributed by atoms with E-state index in [0.717, 1.165) is 43.0 Å². The van der Waals surface area contributed by atoms with Crippen LogP contribution >= 0.6 is 0 Å². The Kier molecular flexibility index (Phi) is 8.66. The van der Waals surface area contributed by atoms with Crippen LogP contribution in [0.1, 0.15) is 76.5 Å². The van der Waals surface area contributed by atoms with E-state index in [1.165, 1.54) is 49.8 Å². The average molecular weight is 411 g/mol. The summed E-state index contributed by atoms with van der Waals surface area (Å²) in [5, 5.41) is 0. The molecule has 0 radical (unpaired) electrons. The van der Waals surface area contributed by atoms with E-state index in [1.807, 2.05) is 25.3 Å². The topological polar surface area (TPSA) is 61.3 Å². The molecule has 0 N–H and O–H groups in total. The molecule has 0 fully saturated rings. The molecule has 0 saturated heterocycles. The first kappa shape index (κ1) is 22.3. The number of carbonyl (C=O) groups excluding carboxylic acids is 1. The predicted octanol–water partition coefficient (Wildman–Crippen LogP) is 6.53. The van der Waals surface area contributed by atoms with Gasteiger partial charge in [-0.1, -0.05) is 52.4 Å². The first-order chi connectivity index (χ1) is 14.7. The largest absolute Gasteiger partial charge is 0.513 e. The summed E-state index contributed by atoms with van der Waals surface area (Å²) in [4.78, 5) is 21.1. The van der Waals surface area contributed by atoms with Crippen molar-refractivity contribution >= 4 is 6.16 Å². The van der Waals surface area contributed by atoms with Crippen LogP contribution in [0.2, 0.25) is 0 Å². The summed E-state index contributed by atoms with van der Waals surface area (Å²) in [6, 6.07) is 7.28. The number of aromatic nitrogens is 2. The van der Waals surface area contributed by atoms with Crippen molar-refractivity contribution < 1.29 is 14.3 Å². The van der Waals surface area contributed by atoms with Gasteiger partial charge in [-0.25, -0.2) is 14.8 Å². The molecule has 1 atom stereocenters. The van der Waals surface area contributed by atoms with Crippen molar-refractivity contribution in [3.63, 3.8) is 0 Å². The summed E-state index contributed by atoms with van der Waals surface area (Å²) in [5.41, 5.74) is 3.41. The second kappa shape index (κ2) is 11.7. The third-order valence-corrected chi connectivity index (χ3v) is 5.75. The maximum absolute atomic E-state index is 11.7. The fraction of sp³-hybridized carbons (Fsp3) is 0.560. The summed E-state index contributed by atoms with van der Waals surface area (Å²) in [7, 11) is 0. The number of aryl methyl sites for hydroxylation is 1. The zero-order valence-electron chi connectivity index (χ0n) is 18.4. The fourth-order valence-corrected chi connectivity index (χ4v) is 3.93. The quantitative estimate of drug-likeness (QED) is 0.253. The first-order valence-electron chi connectivity index (χ1n) is 11.5. The predicted molar refractivity (Wildman–Crippen MR) is 119 cm³/mol. The number of ether oxygens (including phenoxy) is 2. The Morgan fingerprint density at radius 1 is 1.07 bits per heavy atom. The van der Waals surface area contributed by atoms with E-state index in [0.29, 0.717) is 12.4 Å². The maximum atomic E-state index is 11.7. The van der Waals surface area contributed by atoms with E-state index in [2.05, 4.69) is 11.9 Å². The van der Waals surface area contributed by atoms with Gasteiger partial charge in [-0.2, -0.15) is 0 Å². The Morgan fingerprint density at radius 3 is 2.63 bits per heavy atom. The van der Waals surface area contributed by atoms with E-state index in [4.69, 9.17) is 14.5 Å². The lowest BCUT2D eigenvalue weighted by Crippen LogP contribution is -2.16. The normalized spacial score (nSPS) is 15.5. The molecule has 5 nitrogen and oxygen atoms in total. The molecule has 0 bridgehead atoms. The molecule has 5 heteroatoms. The molecule has 0 saturated carbocycles. The second-order valence-electron chi connectivity index (χ2n) is 8.20. The molecule has 1 heterocycles. The van der Waals surface area contributed by atoms with Crippen molar-refractivity contribution in [2.75, 3.05) is 6.61 Å². The van der Waals surface area contributed by atoms with Crippen molar-refractivity contribution in [3.05, 3.63) is 41.7 Å². The van der Waals surface area contributed by atoms with Gasteiger partial charge in [-0.15, -0.1) is 0 Å². The van der Waals surface area contributed by atoms with Gasteiger partial charge in [0.15, 0.2) is 5.82 Å². The van der Waals surface area contributed by atoms with Gasteiger partial charge in [-0.05, 0) is 61.4 Å². The van der Waals surface area contributed by atoms with Crippen molar-refractivity contribution in [1.82, 2.24) is 9.97 Å². The van der Waals surface area contributed by atoms with Crippen LogP contribution in [0.3, 0.4) is 0 Å². The van der Waals surface area contributed by atoms with Gasteiger partial charge in [0.2, 0.25) is 0 Å². The molecule has 1 aliphatic carbocycles. The highest BCUT2D eigenvalue weighted by atomic mass is 16.7.